The Hall–Kier alpha value is -0.380. The molecule has 0 aromatic heterocycles. The van der Waals surface area contributed by atoms with Crippen molar-refractivity contribution in [2.75, 3.05) is 6.54 Å². The molecule has 0 saturated heterocycles. The number of hydrogen-bond acceptors (Lipinski definition) is 2. The van der Waals surface area contributed by atoms with Crippen LogP contribution in [0.2, 0.25) is 0 Å². The van der Waals surface area contributed by atoms with Crippen LogP contribution in [0.25, 0.3) is 0 Å². The first-order valence-electron chi connectivity index (χ1n) is 4.77. The van der Waals surface area contributed by atoms with Gasteiger partial charge in [-0.3, -0.25) is 0 Å². The van der Waals surface area contributed by atoms with Gasteiger partial charge in [0.25, 0.3) is 0 Å². The first-order valence-corrected chi connectivity index (χ1v) is 5.56. The van der Waals surface area contributed by atoms with E-state index in [2.05, 4.69) is 34.2 Å². The van der Waals surface area contributed by atoms with Gasteiger partial charge in [-0.1, -0.05) is 34.1 Å². The maximum atomic E-state index is 9.14. The Labute approximate surface area is 93.5 Å². The highest BCUT2D eigenvalue weighted by Crippen LogP contribution is 2.22. The molecule has 3 heteroatoms. The van der Waals surface area contributed by atoms with E-state index in [-0.39, 0.29) is 12.1 Å². The van der Waals surface area contributed by atoms with E-state index in [0.29, 0.717) is 6.54 Å². The minimum absolute atomic E-state index is 0.250. The number of hydrogen-bond donors (Lipinski definition) is 2. The summed E-state index contributed by atoms with van der Waals surface area (Å²) >= 11 is 3.50. The SMILES string of the molecule is CC(NC[C@H](C)O)c1ccccc1Br. The van der Waals surface area contributed by atoms with Gasteiger partial charge in [0.1, 0.15) is 0 Å². The Balaban J connectivity index is 2.60. The number of benzene rings is 1. The number of nitrogens with one attached hydrogen (secondary N) is 1. The molecule has 0 aliphatic carbocycles. The Morgan fingerprint density at radius 1 is 1.36 bits per heavy atom. The van der Waals surface area contributed by atoms with Crippen molar-refractivity contribution in [3.63, 3.8) is 0 Å². The molecule has 2 atom stereocenters. The minimum atomic E-state index is -0.306. The summed E-state index contributed by atoms with van der Waals surface area (Å²) in [5.41, 5.74) is 1.22. The maximum absolute atomic E-state index is 9.14. The molecule has 0 amide bonds. The molecule has 0 radical (unpaired) electrons. The van der Waals surface area contributed by atoms with Gasteiger partial charge in [0.2, 0.25) is 0 Å². The van der Waals surface area contributed by atoms with E-state index in [4.69, 9.17) is 5.11 Å². The van der Waals surface area contributed by atoms with Gasteiger partial charge in [0.05, 0.1) is 6.10 Å². The molecule has 0 aliphatic heterocycles. The van der Waals surface area contributed by atoms with Gasteiger partial charge in [-0.2, -0.15) is 0 Å². The molecule has 2 nitrogen and oxygen atoms in total. The van der Waals surface area contributed by atoms with Crippen LogP contribution < -0.4 is 5.32 Å². The van der Waals surface area contributed by atoms with E-state index >= 15 is 0 Å². The molecule has 0 fully saturated rings. The van der Waals surface area contributed by atoms with E-state index in [0.717, 1.165) is 4.47 Å². The van der Waals surface area contributed by atoms with Gasteiger partial charge in [0.15, 0.2) is 0 Å². The third kappa shape index (κ3) is 3.40. The number of aliphatic hydroxyl groups is 1. The summed E-state index contributed by atoms with van der Waals surface area (Å²) in [6.07, 6.45) is -0.306. The summed E-state index contributed by atoms with van der Waals surface area (Å²) in [7, 11) is 0. The monoisotopic (exact) mass is 257 g/mol. The molecule has 78 valence electrons. The van der Waals surface area contributed by atoms with Crippen LogP contribution in [0.4, 0.5) is 0 Å². The van der Waals surface area contributed by atoms with Crippen LogP contribution in [0.3, 0.4) is 0 Å². The lowest BCUT2D eigenvalue weighted by Gasteiger charge is -2.16. The van der Waals surface area contributed by atoms with Crippen LogP contribution in [0.1, 0.15) is 25.5 Å². The fourth-order valence-electron chi connectivity index (χ4n) is 1.28. The third-order valence-electron chi connectivity index (χ3n) is 2.09. The molecule has 0 spiro atoms. The molecule has 0 heterocycles. The molecule has 1 aromatic rings. The van der Waals surface area contributed by atoms with Crippen molar-refractivity contribution >= 4 is 15.9 Å². The molecule has 0 aliphatic rings. The number of halogens is 1. The van der Waals surface area contributed by atoms with Crippen molar-refractivity contribution in [1.29, 1.82) is 0 Å². The summed E-state index contributed by atoms with van der Waals surface area (Å²) in [5.74, 6) is 0. The van der Waals surface area contributed by atoms with E-state index in [9.17, 15) is 0 Å². The van der Waals surface area contributed by atoms with Gasteiger partial charge < -0.3 is 10.4 Å². The molecular formula is C11H16BrNO. The molecule has 0 bridgehead atoms. The van der Waals surface area contributed by atoms with Crippen LogP contribution in [0.15, 0.2) is 28.7 Å². The first-order chi connectivity index (χ1) is 6.61. The fraction of sp³-hybridized carbons (Fsp3) is 0.455. The molecule has 1 rings (SSSR count). The maximum Gasteiger partial charge on any atom is 0.0636 e. The summed E-state index contributed by atoms with van der Waals surface area (Å²) in [5, 5.41) is 12.4. The second-order valence-electron chi connectivity index (χ2n) is 3.50. The first kappa shape index (κ1) is 11.7. The van der Waals surface area contributed by atoms with Crippen molar-refractivity contribution in [1.82, 2.24) is 5.32 Å². The van der Waals surface area contributed by atoms with E-state index < -0.39 is 0 Å². The van der Waals surface area contributed by atoms with Crippen LogP contribution in [-0.2, 0) is 0 Å². The van der Waals surface area contributed by atoms with Gasteiger partial charge >= 0.3 is 0 Å². The van der Waals surface area contributed by atoms with Crippen LogP contribution in [0, 0.1) is 0 Å². The molecule has 2 N–H and O–H groups in total. The zero-order valence-corrected chi connectivity index (χ0v) is 10.1. The lowest BCUT2D eigenvalue weighted by Crippen LogP contribution is -2.27. The zero-order valence-electron chi connectivity index (χ0n) is 8.50. The quantitative estimate of drug-likeness (QED) is 0.869. The highest BCUT2D eigenvalue weighted by atomic mass is 79.9. The molecule has 0 saturated carbocycles. The van der Waals surface area contributed by atoms with Gasteiger partial charge in [-0.25, -0.2) is 0 Å². The number of rotatable bonds is 4. The van der Waals surface area contributed by atoms with Crippen LogP contribution in [-0.4, -0.2) is 17.8 Å². The summed E-state index contributed by atoms with van der Waals surface area (Å²) in [4.78, 5) is 0. The van der Waals surface area contributed by atoms with Crippen molar-refractivity contribution in [2.45, 2.75) is 26.0 Å². The Bertz CT molecular complexity index is 288. The lowest BCUT2D eigenvalue weighted by atomic mass is 10.1. The smallest absolute Gasteiger partial charge is 0.0636 e. The Morgan fingerprint density at radius 3 is 2.57 bits per heavy atom. The van der Waals surface area contributed by atoms with Crippen molar-refractivity contribution in [2.24, 2.45) is 0 Å². The average Bonchev–Trinajstić information content (AvgIpc) is 2.15. The van der Waals surface area contributed by atoms with E-state index in [1.54, 1.807) is 6.92 Å². The highest BCUT2D eigenvalue weighted by molar-refractivity contribution is 9.10. The zero-order chi connectivity index (χ0) is 10.6. The summed E-state index contributed by atoms with van der Waals surface area (Å²) < 4.78 is 1.10. The molecule has 1 aromatic carbocycles. The molecule has 1 unspecified atom stereocenters. The van der Waals surface area contributed by atoms with Crippen molar-refractivity contribution in [3.05, 3.63) is 34.3 Å². The Morgan fingerprint density at radius 2 is 2.00 bits per heavy atom. The average molecular weight is 258 g/mol. The molecule has 14 heavy (non-hydrogen) atoms. The molecular weight excluding hydrogens is 242 g/mol. The lowest BCUT2D eigenvalue weighted by molar-refractivity contribution is 0.187. The van der Waals surface area contributed by atoms with Crippen LogP contribution in [0.5, 0.6) is 0 Å². The largest absolute Gasteiger partial charge is 0.392 e. The fourth-order valence-corrected chi connectivity index (χ4v) is 1.91. The Kier molecular flexibility index (Phi) is 4.58. The van der Waals surface area contributed by atoms with Gasteiger partial charge in [-0.15, -0.1) is 0 Å². The van der Waals surface area contributed by atoms with Crippen molar-refractivity contribution in [3.8, 4) is 0 Å². The van der Waals surface area contributed by atoms with Crippen LogP contribution >= 0.6 is 15.9 Å². The predicted molar refractivity (Wildman–Crippen MR) is 62.2 cm³/mol. The predicted octanol–water partition coefficient (Wildman–Crippen LogP) is 2.48. The van der Waals surface area contributed by atoms with Crippen molar-refractivity contribution < 1.29 is 5.11 Å². The minimum Gasteiger partial charge on any atom is -0.392 e. The summed E-state index contributed by atoms with van der Waals surface area (Å²) in [6.45, 7) is 4.48. The normalized spacial score (nSPS) is 15.1. The highest BCUT2D eigenvalue weighted by Gasteiger charge is 2.08. The van der Waals surface area contributed by atoms with Gasteiger partial charge in [0, 0.05) is 17.1 Å². The number of aliphatic hydroxyl groups excluding tert-OH is 1. The standard InChI is InChI=1S/C11H16BrNO/c1-8(14)7-13-9(2)10-5-3-4-6-11(10)12/h3-6,8-9,13-14H,7H2,1-2H3/t8-,9?/m0/s1. The van der Waals surface area contributed by atoms with Gasteiger partial charge in [-0.05, 0) is 25.5 Å². The van der Waals surface area contributed by atoms with E-state index in [1.165, 1.54) is 5.56 Å². The second kappa shape index (κ2) is 5.49. The second-order valence-corrected chi connectivity index (χ2v) is 4.35. The topological polar surface area (TPSA) is 32.3 Å². The summed E-state index contributed by atoms with van der Waals surface area (Å²) in [6, 6.07) is 8.36. The van der Waals surface area contributed by atoms with E-state index in [1.807, 2.05) is 18.2 Å². The third-order valence-corrected chi connectivity index (χ3v) is 2.81.